The molecule has 19 heavy (non-hydrogen) atoms. The Bertz CT molecular complexity index is 494. The highest BCUT2D eigenvalue weighted by molar-refractivity contribution is 5.59. The van der Waals surface area contributed by atoms with Crippen LogP contribution in [0.25, 0.3) is 0 Å². The number of rotatable bonds is 3. The van der Waals surface area contributed by atoms with E-state index in [0.29, 0.717) is 6.42 Å². The van der Waals surface area contributed by atoms with Gasteiger partial charge in [-0.25, -0.2) is 5.06 Å². The van der Waals surface area contributed by atoms with Crippen molar-refractivity contribution in [1.29, 1.82) is 0 Å². The molecule has 2 aromatic carbocycles. The number of hydrogen-bond acceptors (Lipinski definition) is 3. The molecule has 0 N–H and O–H groups in total. The first-order chi connectivity index (χ1) is 9.38. The van der Waals surface area contributed by atoms with Gasteiger partial charge in [0.2, 0.25) is 0 Å². The van der Waals surface area contributed by atoms with E-state index < -0.39 is 0 Å². The number of nitrogens with zero attached hydrogens (tertiary/aromatic N) is 1. The summed E-state index contributed by atoms with van der Waals surface area (Å²) in [5, 5.41) is 1.84. The summed E-state index contributed by atoms with van der Waals surface area (Å²) in [7, 11) is 0. The second-order valence-corrected chi connectivity index (χ2v) is 4.60. The normalized spacial score (nSPS) is 22.4. The van der Waals surface area contributed by atoms with Gasteiger partial charge >= 0.3 is 0 Å². The minimum Gasteiger partial charge on any atom is -0.300 e. The van der Waals surface area contributed by atoms with Gasteiger partial charge in [-0.3, -0.25) is 4.84 Å². The number of para-hydroxylation sites is 1. The Morgan fingerprint density at radius 2 is 1.63 bits per heavy atom. The Kier molecular flexibility index (Phi) is 3.29. The van der Waals surface area contributed by atoms with Crippen LogP contribution in [0.2, 0.25) is 0 Å². The van der Waals surface area contributed by atoms with Crippen molar-refractivity contribution in [2.45, 2.75) is 18.6 Å². The second kappa shape index (κ2) is 5.24. The van der Waals surface area contributed by atoms with Crippen LogP contribution in [0.3, 0.4) is 0 Å². The van der Waals surface area contributed by atoms with E-state index in [1.54, 1.807) is 0 Å². The van der Waals surface area contributed by atoms with E-state index >= 15 is 0 Å². The molecule has 1 aliphatic rings. The van der Waals surface area contributed by atoms with Crippen LogP contribution in [0, 0.1) is 0 Å². The molecule has 2 unspecified atom stereocenters. The summed E-state index contributed by atoms with van der Waals surface area (Å²) in [6.45, 7) is 0. The van der Waals surface area contributed by atoms with Crippen LogP contribution < -0.4 is 5.06 Å². The van der Waals surface area contributed by atoms with Gasteiger partial charge in [-0.15, -0.1) is 0 Å². The van der Waals surface area contributed by atoms with E-state index in [2.05, 4.69) is 12.1 Å². The minimum atomic E-state index is -0.370. The number of benzene rings is 2. The van der Waals surface area contributed by atoms with Crippen molar-refractivity contribution in [1.82, 2.24) is 0 Å². The number of aldehydes is 1. The lowest BCUT2D eigenvalue weighted by atomic mass is 10.0. The fourth-order valence-corrected chi connectivity index (χ4v) is 2.42. The quantitative estimate of drug-likeness (QED) is 0.787. The van der Waals surface area contributed by atoms with Gasteiger partial charge < -0.3 is 4.79 Å². The summed E-state index contributed by atoms with van der Waals surface area (Å²) >= 11 is 0. The van der Waals surface area contributed by atoms with Crippen LogP contribution in [0.1, 0.15) is 18.0 Å². The summed E-state index contributed by atoms with van der Waals surface area (Å²) in [5.74, 6) is 0. The molecule has 3 rings (SSSR count). The zero-order valence-corrected chi connectivity index (χ0v) is 10.5. The molecule has 1 aliphatic heterocycles. The van der Waals surface area contributed by atoms with Crippen molar-refractivity contribution >= 4 is 12.0 Å². The summed E-state index contributed by atoms with van der Waals surface area (Å²) in [6.07, 6.45) is 1.19. The molecule has 3 heteroatoms. The van der Waals surface area contributed by atoms with Crippen molar-refractivity contribution in [3.05, 3.63) is 66.2 Å². The first-order valence-corrected chi connectivity index (χ1v) is 6.40. The SMILES string of the molecule is O=CC1CC(c2ccccc2)N(c2ccccc2)O1. The van der Waals surface area contributed by atoms with Gasteiger partial charge in [-0.2, -0.15) is 0 Å². The Hall–Kier alpha value is -2.13. The third kappa shape index (κ3) is 2.37. The number of hydrogen-bond donors (Lipinski definition) is 0. The maximum Gasteiger partial charge on any atom is 0.151 e. The highest BCUT2D eigenvalue weighted by Crippen LogP contribution is 2.37. The molecule has 1 fully saturated rings. The van der Waals surface area contributed by atoms with Gasteiger partial charge in [-0.1, -0.05) is 48.5 Å². The Morgan fingerprint density at radius 1 is 1.00 bits per heavy atom. The maximum absolute atomic E-state index is 11.0. The Balaban J connectivity index is 1.94. The number of hydroxylamine groups is 1. The fraction of sp³-hybridized carbons (Fsp3) is 0.188. The van der Waals surface area contributed by atoms with E-state index in [0.717, 1.165) is 17.5 Å². The molecule has 1 heterocycles. The van der Waals surface area contributed by atoms with Crippen LogP contribution in [0.5, 0.6) is 0 Å². The maximum atomic E-state index is 11.0. The predicted molar refractivity (Wildman–Crippen MR) is 73.7 cm³/mol. The Morgan fingerprint density at radius 3 is 2.26 bits per heavy atom. The first kappa shape index (κ1) is 11.9. The molecule has 0 spiro atoms. The molecule has 0 saturated carbocycles. The second-order valence-electron chi connectivity index (χ2n) is 4.60. The molecule has 1 saturated heterocycles. The summed E-state index contributed by atoms with van der Waals surface area (Å²) in [4.78, 5) is 16.7. The lowest BCUT2D eigenvalue weighted by Gasteiger charge is -2.24. The number of anilines is 1. The highest BCUT2D eigenvalue weighted by Gasteiger charge is 2.34. The minimum absolute atomic E-state index is 0.0822. The molecule has 0 bridgehead atoms. The highest BCUT2D eigenvalue weighted by atomic mass is 16.7. The van der Waals surface area contributed by atoms with Crippen LogP contribution >= 0.6 is 0 Å². The zero-order valence-electron chi connectivity index (χ0n) is 10.5. The third-order valence-corrected chi connectivity index (χ3v) is 3.33. The number of carbonyl (C=O) groups excluding carboxylic acids is 1. The standard InChI is InChI=1S/C16H15NO2/c18-12-15-11-16(13-7-3-1-4-8-13)17(19-15)14-9-5-2-6-10-14/h1-10,12,15-16H,11H2. The van der Waals surface area contributed by atoms with E-state index in [1.807, 2.05) is 53.6 Å². The molecule has 0 aliphatic carbocycles. The summed E-state index contributed by atoms with van der Waals surface area (Å²) < 4.78 is 0. The molecule has 3 nitrogen and oxygen atoms in total. The molecule has 96 valence electrons. The van der Waals surface area contributed by atoms with Gasteiger partial charge in [0.05, 0.1) is 11.7 Å². The van der Waals surface area contributed by atoms with Crippen molar-refractivity contribution in [3.63, 3.8) is 0 Å². The average molecular weight is 253 g/mol. The van der Waals surface area contributed by atoms with Crippen molar-refractivity contribution < 1.29 is 9.63 Å². The van der Waals surface area contributed by atoms with E-state index in [4.69, 9.17) is 4.84 Å². The molecule has 2 aromatic rings. The van der Waals surface area contributed by atoms with Crippen molar-refractivity contribution in [2.75, 3.05) is 5.06 Å². The molecular formula is C16H15NO2. The lowest BCUT2D eigenvalue weighted by molar-refractivity contribution is -0.116. The van der Waals surface area contributed by atoms with Crippen LogP contribution in [-0.4, -0.2) is 12.4 Å². The molecule has 0 amide bonds. The molecule has 0 aromatic heterocycles. The van der Waals surface area contributed by atoms with E-state index in [1.165, 1.54) is 0 Å². The van der Waals surface area contributed by atoms with Gasteiger partial charge in [-0.05, 0) is 17.7 Å². The van der Waals surface area contributed by atoms with Crippen molar-refractivity contribution in [3.8, 4) is 0 Å². The van der Waals surface area contributed by atoms with Gasteiger partial charge in [0.1, 0.15) is 6.10 Å². The molecular weight excluding hydrogens is 238 g/mol. The van der Waals surface area contributed by atoms with Crippen LogP contribution in [0.4, 0.5) is 5.69 Å². The first-order valence-electron chi connectivity index (χ1n) is 6.40. The smallest absolute Gasteiger partial charge is 0.151 e. The van der Waals surface area contributed by atoms with Gasteiger partial charge in [0.15, 0.2) is 6.29 Å². The average Bonchev–Trinajstić information content (AvgIpc) is 2.93. The van der Waals surface area contributed by atoms with Crippen LogP contribution in [0.15, 0.2) is 60.7 Å². The largest absolute Gasteiger partial charge is 0.300 e. The zero-order chi connectivity index (χ0) is 13.1. The third-order valence-electron chi connectivity index (χ3n) is 3.33. The fourth-order valence-electron chi connectivity index (χ4n) is 2.42. The monoisotopic (exact) mass is 253 g/mol. The van der Waals surface area contributed by atoms with Gasteiger partial charge in [0.25, 0.3) is 0 Å². The van der Waals surface area contributed by atoms with Crippen molar-refractivity contribution in [2.24, 2.45) is 0 Å². The molecule has 0 radical (unpaired) electrons. The van der Waals surface area contributed by atoms with Crippen LogP contribution in [-0.2, 0) is 9.63 Å². The summed E-state index contributed by atoms with van der Waals surface area (Å²) in [6, 6.07) is 20.1. The van der Waals surface area contributed by atoms with Gasteiger partial charge in [0, 0.05) is 6.42 Å². The topological polar surface area (TPSA) is 29.5 Å². The summed E-state index contributed by atoms with van der Waals surface area (Å²) in [5.41, 5.74) is 2.14. The predicted octanol–water partition coefficient (Wildman–Crippen LogP) is 3.14. The van der Waals surface area contributed by atoms with E-state index in [9.17, 15) is 4.79 Å². The Labute approximate surface area is 112 Å². The number of carbonyl (C=O) groups is 1. The molecule has 2 atom stereocenters. The lowest BCUT2D eigenvalue weighted by Crippen LogP contribution is -2.22. The van der Waals surface area contributed by atoms with E-state index in [-0.39, 0.29) is 12.1 Å².